The molecule has 0 aliphatic heterocycles. The SMILES string of the molecule is COC(=O)c1ccccc1NC(=O)/C(C#N)=C/c1ccccc1OC(=O)c1ccc(Cl)cc1. The number of nitriles is 1. The van der Waals surface area contributed by atoms with Crippen molar-refractivity contribution in [2.75, 3.05) is 12.4 Å². The van der Waals surface area contributed by atoms with Gasteiger partial charge in [0.1, 0.15) is 17.4 Å². The van der Waals surface area contributed by atoms with E-state index >= 15 is 0 Å². The van der Waals surface area contributed by atoms with Gasteiger partial charge in [0.2, 0.25) is 0 Å². The molecule has 3 aromatic rings. The second kappa shape index (κ2) is 10.8. The Labute approximate surface area is 194 Å². The summed E-state index contributed by atoms with van der Waals surface area (Å²) in [6.07, 6.45) is 1.29. The molecule has 3 rings (SSSR count). The lowest BCUT2D eigenvalue weighted by atomic mass is 10.1. The molecule has 0 unspecified atom stereocenters. The minimum atomic E-state index is -0.743. The second-order valence-corrected chi connectivity index (χ2v) is 7.03. The Kier molecular flexibility index (Phi) is 7.58. The van der Waals surface area contributed by atoms with E-state index in [1.807, 2.05) is 6.07 Å². The Morgan fingerprint density at radius 1 is 0.939 bits per heavy atom. The number of nitrogens with zero attached hydrogens (tertiary/aromatic N) is 1. The highest BCUT2D eigenvalue weighted by Crippen LogP contribution is 2.24. The fourth-order valence-corrected chi connectivity index (χ4v) is 2.94. The predicted molar refractivity (Wildman–Crippen MR) is 123 cm³/mol. The third kappa shape index (κ3) is 5.85. The number of hydrogen-bond acceptors (Lipinski definition) is 6. The summed E-state index contributed by atoms with van der Waals surface area (Å²) in [5.41, 5.74) is 0.703. The molecule has 0 aliphatic carbocycles. The molecule has 164 valence electrons. The van der Waals surface area contributed by atoms with Crippen LogP contribution < -0.4 is 10.1 Å². The molecule has 0 aromatic heterocycles. The number of nitrogens with one attached hydrogen (secondary N) is 1. The molecule has 0 spiro atoms. The quantitative estimate of drug-likeness (QED) is 0.243. The summed E-state index contributed by atoms with van der Waals surface area (Å²) < 4.78 is 10.2. The van der Waals surface area contributed by atoms with Gasteiger partial charge in [0.05, 0.1) is 23.9 Å². The number of amides is 1. The standard InChI is InChI=1S/C25H17ClN2O5/c1-32-25(31)20-7-3-4-8-21(20)28-23(29)18(15-27)14-17-6-2-5-9-22(17)33-24(30)16-10-12-19(26)13-11-16/h2-14H,1H3,(H,28,29)/b18-14+. The van der Waals surface area contributed by atoms with Gasteiger partial charge in [-0.15, -0.1) is 0 Å². The van der Waals surface area contributed by atoms with Crippen LogP contribution >= 0.6 is 11.6 Å². The molecule has 0 aliphatic rings. The number of carbonyl (C=O) groups is 3. The van der Waals surface area contributed by atoms with Crippen LogP contribution in [0, 0.1) is 11.3 Å². The maximum absolute atomic E-state index is 12.7. The first-order valence-electron chi connectivity index (χ1n) is 9.60. The van der Waals surface area contributed by atoms with Gasteiger partial charge in [-0.1, -0.05) is 41.9 Å². The fraction of sp³-hybridized carbons (Fsp3) is 0.0400. The number of hydrogen-bond donors (Lipinski definition) is 1. The van der Waals surface area contributed by atoms with Crippen molar-refractivity contribution in [1.82, 2.24) is 0 Å². The Balaban J connectivity index is 1.86. The summed E-state index contributed by atoms with van der Waals surface area (Å²) >= 11 is 5.84. The van der Waals surface area contributed by atoms with Crippen LogP contribution in [0.25, 0.3) is 6.08 Å². The Bertz CT molecular complexity index is 1280. The third-order valence-corrected chi connectivity index (χ3v) is 4.70. The zero-order valence-corrected chi connectivity index (χ0v) is 18.1. The molecule has 0 heterocycles. The number of methoxy groups -OCH3 is 1. The van der Waals surface area contributed by atoms with E-state index in [9.17, 15) is 19.6 Å². The highest BCUT2D eigenvalue weighted by atomic mass is 35.5. The van der Waals surface area contributed by atoms with Gasteiger partial charge in [0.15, 0.2) is 0 Å². The third-order valence-electron chi connectivity index (χ3n) is 4.45. The van der Waals surface area contributed by atoms with Gasteiger partial charge in [-0.3, -0.25) is 4.79 Å². The van der Waals surface area contributed by atoms with Crippen LogP contribution in [0.5, 0.6) is 5.75 Å². The minimum Gasteiger partial charge on any atom is -0.465 e. The average molecular weight is 461 g/mol. The molecule has 1 amide bonds. The average Bonchev–Trinajstić information content (AvgIpc) is 2.83. The summed E-state index contributed by atoms with van der Waals surface area (Å²) in [4.78, 5) is 37.1. The Hall–Kier alpha value is -4.41. The van der Waals surface area contributed by atoms with Crippen molar-refractivity contribution >= 4 is 41.2 Å². The molecular weight excluding hydrogens is 444 g/mol. The van der Waals surface area contributed by atoms with Crippen molar-refractivity contribution in [2.45, 2.75) is 0 Å². The van der Waals surface area contributed by atoms with Crippen molar-refractivity contribution in [3.63, 3.8) is 0 Å². The minimum absolute atomic E-state index is 0.142. The molecule has 0 saturated heterocycles. The molecule has 0 radical (unpaired) electrons. The largest absolute Gasteiger partial charge is 0.465 e. The van der Waals surface area contributed by atoms with Gasteiger partial charge < -0.3 is 14.8 Å². The van der Waals surface area contributed by atoms with Gasteiger partial charge in [0.25, 0.3) is 5.91 Å². The number of anilines is 1. The second-order valence-electron chi connectivity index (χ2n) is 6.60. The zero-order valence-electron chi connectivity index (χ0n) is 17.4. The number of benzene rings is 3. The number of carbonyl (C=O) groups excluding carboxylic acids is 3. The fourth-order valence-electron chi connectivity index (χ4n) is 2.81. The molecule has 0 bridgehead atoms. The molecule has 33 heavy (non-hydrogen) atoms. The van der Waals surface area contributed by atoms with Gasteiger partial charge in [-0.2, -0.15) is 5.26 Å². The van der Waals surface area contributed by atoms with E-state index in [1.165, 1.54) is 37.5 Å². The van der Waals surface area contributed by atoms with E-state index in [0.717, 1.165) is 0 Å². The first-order chi connectivity index (χ1) is 15.9. The van der Waals surface area contributed by atoms with Crippen LogP contribution in [0.2, 0.25) is 5.02 Å². The van der Waals surface area contributed by atoms with Crippen LogP contribution in [0.3, 0.4) is 0 Å². The van der Waals surface area contributed by atoms with Gasteiger partial charge >= 0.3 is 11.9 Å². The lowest BCUT2D eigenvalue weighted by Gasteiger charge is -2.10. The number of para-hydroxylation sites is 2. The molecule has 0 saturated carbocycles. The molecule has 0 fully saturated rings. The normalized spacial score (nSPS) is 10.6. The van der Waals surface area contributed by atoms with Gasteiger partial charge in [-0.25, -0.2) is 9.59 Å². The highest BCUT2D eigenvalue weighted by molar-refractivity contribution is 6.30. The van der Waals surface area contributed by atoms with E-state index in [2.05, 4.69) is 5.32 Å². The summed E-state index contributed by atoms with van der Waals surface area (Å²) in [6.45, 7) is 0. The van der Waals surface area contributed by atoms with Gasteiger partial charge in [0, 0.05) is 10.6 Å². The summed E-state index contributed by atoms with van der Waals surface area (Å²) in [7, 11) is 1.23. The van der Waals surface area contributed by atoms with E-state index in [-0.39, 0.29) is 28.1 Å². The molecule has 3 aromatic carbocycles. The summed E-state index contributed by atoms with van der Waals surface area (Å²) in [5, 5.41) is 12.6. The Morgan fingerprint density at radius 2 is 1.61 bits per heavy atom. The van der Waals surface area contributed by atoms with E-state index in [1.54, 1.807) is 48.5 Å². The lowest BCUT2D eigenvalue weighted by molar-refractivity contribution is -0.112. The van der Waals surface area contributed by atoms with Crippen LogP contribution in [0.4, 0.5) is 5.69 Å². The maximum Gasteiger partial charge on any atom is 0.343 e. The first-order valence-corrected chi connectivity index (χ1v) is 9.98. The summed E-state index contributed by atoms with van der Waals surface area (Å²) in [5.74, 6) is -1.84. The topological polar surface area (TPSA) is 105 Å². The summed E-state index contributed by atoms with van der Waals surface area (Å²) in [6, 6.07) is 20.7. The molecule has 7 nitrogen and oxygen atoms in total. The molecule has 0 atom stereocenters. The van der Waals surface area contributed by atoms with Crippen molar-refractivity contribution in [2.24, 2.45) is 0 Å². The highest BCUT2D eigenvalue weighted by Gasteiger charge is 2.17. The zero-order chi connectivity index (χ0) is 23.8. The predicted octanol–water partition coefficient (Wildman–Crippen LogP) is 4.89. The molecule has 1 N–H and O–H groups in total. The number of esters is 2. The first kappa shape index (κ1) is 23.3. The van der Waals surface area contributed by atoms with Crippen LogP contribution in [-0.4, -0.2) is 25.0 Å². The number of rotatable bonds is 6. The van der Waals surface area contributed by atoms with Crippen LogP contribution in [0.15, 0.2) is 78.4 Å². The molecular formula is C25H17ClN2O5. The van der Waals surface area contributed by atoms with E-state index in [4.69, 9.17) is 21.1 Å². The lowest BCUT2D eigenvalue weighted by Crippen LogP contribution is -2.16. The smallest absolute Gasteiger partial charge is 0.343 e. The Morgan fingerprint density at radius 3 is 2.30 bits per heavy atom. The van der Waals surface area contributed by atoms with Crippen molar-refractivity contribution in [3.8, 4) is 11.8 Å². The van der Waals surface area contributed by atoms with Crippen LogP contribution in [0.1, 0.15) is 26.3 Å². The number of halogens is 1. The molecule has 8 heteroatoms. The maximum atomic E-state index is 12.7. The van der Waals surface area contributed by atoms with Crippen molar-refractivity contribution in [3.05, 3.63) is 100 Å². The van der Waals surface area contributed by atoms with Crippen molar-refractivity contribution in [1.29, 1.82) is 5.26 Å². The van der Waals surface area contributed by atoms with Crippen LogP contribution in [-0.2, 0) is 9.53 Å². The van der Waals surface area contributed by atoms with Crippen molar-refractivity contribution < 1.29 is 23.9 Å². The van der Waals surface area contributed by atoms with Gasteiger partial charge in [-0.05, 0) is 48.5 Å². The van der Waals surface area contributed by atoms with E-state index < -0.39 is 17.8 Å². The van der Waals surface area contributed by atoms with E-state index in [0.29, 0.717) is 10.6 Å². The monoisotopic (exact) mass is 460 g/mol. The number of ether oxygens (including phenoxy) is 2.